The van der Waals surface area contributed by atoms with Crippen LogP contribution in [0.3, 0.4) is 0 Å². The van der Waals surface area contributed by atoms with Crippen molar-refractivity contribution in [2.45, 2.75) is 77.5 Å². The molecule has 3 aromatic rings. The lowest BCUT2D eigenvalue weighted by atomic mass is 9.82. The maximum absolute atomic E-state index is 13.1. The maximum atomic E-state index is 13.1. The number of aryl methyl sites for hydroxylation is 1. The number of nitrogens with zero attached hydrogens (tertiary/aromatic N) is 1. The van der Waals surface area contributed by atoms with E-state index in [4.69, 9.17) is 9.47 Å². The molecule has 2 N–H and O–H groups in total. The molecule has 1 amide bonds. The van der Waals surface area contributed by atoms with Crippen LogP contribution < -0.4 is 15.6 Å². The number of nitrogens with one attached hydrogen (secondary N) is 1. The molecule has 1 saturated carbocycles. The summed E-state index contributed by atoms with van der Waals surface area (Å²) in [4.78, 5) is 25.1. The van der Waals surface area contributed by atoms with E-state index >= 15 is 0 Å². The molecule has 0 bridgehead atoms. The van der Waals surface area contributed by atoms with Gasteiger partial charge in [-0.05, 0) is 112 Å². The van der Waals surface area contributed by atoms with Crippen LogP contribution >= 0.6 is 0 Å². The van der Waals surface area contributed by atoms with E-state index in [2.05, 4.69) is 5.32 Å². The van der Waals surface area contributed by atoms with Gasteiger partial charge in [0.05, 0.1) is 19.0 Å². The minimum absolute atomic E-state index is 0.119. The van der Waals surface area contributed by atoms with Crippen molar-refractivity contribution in [2.24, 2.45) is 5.92 Å². The molecule has 1 aliphatic carbocycles. The third kappa shape index (κ3) is 7.06. The van der Waals surface area contributed by atoms with Gasteiger partial charge in [0.25, 0.3) is 5.56 Å². The molecule has 0 saturated heterocycles. The topological polar surface area (TPSA) is 89.8 Å². The van der Waals surface area contributed by atoms with Crippen molar-refractivity contribution < 1.29 is 19.4 Å². The van der Waals surface area contributed by atoms with Gasteiger partial charge < -0.3 is 24.5 Å². The standard InChI is InChI=1S/C30H38N2O5/c1-30(2,3)37-29(35)31-24-11-6-20(7-12-24)5-10-23-17-22-15-16-32(28(34)26(22)18-27(23)33)19-21-8-13-25(36-4)14-9-21/h8-9,13-18,20,24,33H,5-7,10-12,19H2,1-4H3,(H,31,35). The Hall–Kier alpha value is -3.48. The molecule has 198 valence electrons. The van der Waals surface area contributed by atoms with E-state index in [0.717, 1.165) is 60.8 Å². The first kappa shape index (κ1) is 26.6. The number of amides is 1. The van der Waals surface area contributed by atoms with E-state index in [1.807, 2.05) is 63.4 Å². The van der Waals surface area contributed by atoms with Crippen molar-refractivity contribution in [3.8, 4) is 11.5 Å². The number of carbonyl (C=O) groups excluding carboxylic acids is 1. The highest BCUT2D eigenvalue weighted by atomic mass is 16.6. The average Bonchev–Trinajstić information content (AvgIpc) is 2.85. The number of phenols is 1. The summed E-state index contributed by atoms with van der Waals surface area (Å²) in [7, 11) is 1.63. The van der Waals surface area contributed by atoms with Gasteiger partial charge in [-0.1, -0.05) is 12.1 Å². The molecule has 1 fully saturated rings. The van der Waals surface area contributed by atoms with Gasteiger partial charge in [0.2, 0.25) is 0 Å². The lowest BCUT2D eigenvalue weighted by Crippen LogP contribution is -2.40. The van der Waals surface area contributed by atoms with Crippen molar-refractivity contribution in [1.82, 2.24) is 9.88 Å². The minimum atomic E-state index is -0.493. The first-order valence-corrected chi connectivity index (χ1v) is 13.1. The van der Waals surface area contributed by atoms with Gasteiger partial charge in [0, 0.05) is 12.2 Å². The molecule has 0 spiro atoms. The fourth-order valence-corrected chi connectivity index (χ4v) is 5.05. The first-order valence-electron chi connectivity index (χ1n) is 13.1. The van der Waals surface area contributed by atoms with Crippen LogP contribution in [0.4, 0.5) is 4.79 Å². The highest BCUT2D eigenvalue weighted by Crippen LogP contribution is 2.31. The molecule has 0 aliphatic heterocycles. The highest BCUT2D eigenvalue weighted by molar-refractivity contribution is 5.84. The van der Waals surface area contributed by atoms with Crippen LogP contribution in [0.25, 0.3) is 10.8 Å². The Labute approximate surface area is 218 Å². The molecule has 7 heteroatoms. The van der Waals surface area contributed by atoms with Crippen LogP contribution in [-0.4, -0.2) is 34.5 Å². The second-order valence-corrected chi connectivity index (χ2v) is 11.1. The van der Waals surface area contributed by atoms with Crippen LogP contribution in [0.15, 0.2) is 53.5 Å². The summed E-state index contributed by atoms with van der Waals surface area (Å²) in [6, 6.07) is 13.3. The summed E-state index contributed by atoms with van der Waals surface area (Å²) in [5.41, 5.74) is 1.26. The number of methoxy groups -OCH3 is 1. The Balaban J connectivity index is 1.35. The Morgan fingerprint density at radius 1 is 1.08 bits per heavy atom. The largest absolute Gasteiger partial charge is 0.508 e. The fraction of sp³-hybridized carbons (Fsp3) is 0.467. The number of phenolic OH excluding ortho intramolecular Hbond substituents is 1. The van der Waals surface area contributed by atoms with E-state index < -0.39 is 5.60 Å². The highest BCUT2D eigenvalue weighted by Gasteiger charge is 2.25. The minimum Gasteiger partial charge on any atom is -0.508 e. The van der Waals surface area contributed by atoms with Crippen molar-refractivity contribution in [2.75, 3.05) is 7.11 Å². The zero-order valence-corrected chi connectivity index (χ0v) is 22.3. The lowest BCUT2D eigenvalue weighted by Gasteiger charge is -2.30. The van der Waals surface area contributed by atoms with Crippen LogP contribution in [-0.2, 0) is 17.7 Å². The molecule has 0 radical (unpaired) electrons. The molecule has 1 aromatic heterocycles. The Bertz CT molecular complexity index is 1280. The summed E-state index contributed by atoms with van der Waals surface area (Å²) in [6.07, 6.45) is 7.12. The summed E-state index contributed by atoms with van der Waals surface area (Å²) < 4.78 is 12.2. The number of rotatable bonds is 7. The number of carbonyl (C=O) groups is 1. The van der Waals surface area contributed by atoms with Crippen molar-refractivity contribution in [3.05, 3.63) is 70.1 Å². The van der Waals surface area contributed by atoms with Crippen molar-refractivity contribution >= 4 is 16.9 Å². The molecular formula is C30H38N2O5. The van der Waals surface area contributed by atoms with E-state index in [0.29, 0.717) is 17.8 Å². The second-order valence-electron chi connectivity index (χ2n) is 11.1. The smallest absolute Gasteiger partial charge is 0.407 e. The normalized spacial score (nSPS) is 17.9. The summed E-state index contributed by atoms with van der Waals surface area (Å²) in [5.74, 6) is 1.49. The Morgan fingerprint density at radius 2 is 1.78 bits per heavy atom. The number of benzene rings is 2. The predicted molar refractivity (Wildman–Crippen MR) is 145 cm³/mol. The van der Waals surface area contributed by atoms with Crippen molar-refractivity contribution in [1.29, 1.82) is 0 Å². The average molecular weight is 507 g/mol. The lowest BCUT2D eigenvalue weighted by molar-refractivity contribution is 0.0486. The van der Waals surface area contributed by atoms with Gasteiger partial charge in [-0.15, -0.1) is 0 Å². The van der Waals surface area contributed by atoms with E-state index in [1.54, 1.807) is 17.7 Å². The third-order valence-corrected chi connectivity index (χ3v) is 7.08. The van der Waals surface area contributed by atoms with Gasteiger partial charge >= 0.3 is 6.09 Å². The van der Waals surface area contributed by atoms with Gasteiger partial charge in [-0.3, -0.25) is 4.79 Å². The number of ether oxygens (including phenoxy) is 2. The van der Waals surface area contributed by atoms with Crippen LogP contribution in [0, 0.1) is 5.92 Å². The molecule has 1 aliphatic rings. The van der Waals surface area contributed by atoms with Crippen LogP contribution in [0.2, 0.25) is 0 Å². The monoisotopic (exact) mass is 506 g/mol. The number of hydrogen-bond donors (Lipinski definition) is 2. The number of hydrogen-bond acceptors (Lipinski definition) is 5. The van der Waals surface area contributed by atoms with Crippen LogP contribution in [0.5, 0.6) is 11.5 Å². The number of aromatic hydroxyl groups is 1. The quantitative estimate of drug-likeness (QED) is 0.424. The summed E-state index contributed by atoms with van der Waals surface area (Å²) in [5, 5.41) is 15.1. The van der Waals surface area contributed by atoms with Gasteiger partial charge in [-0.2, -0.15) is 0 Å². The van der Waals surface area contributed by atoms with E-state index in [-0.39, 0.29) is 23.4 Å². The molecule has 2 aromatic carbocycles. The van der Waals surface area contributed by atoms with Gasteiger partial charge in [0.15, 0.2) is 0 Å². The van der Waals surface area contributed by atoms with Crippen LogP contribution in [0.1, 0.15) is 64.0 Å². The molecule has 1 heterocycles. The predicted octanol–water partition coefficient (Wildman–Crippen LogP) is 5.78. The number of fused-ring (bicyclic) bond motifs is 1. The number of aromatic nitrogens is 1. The molecule has 0 unspecified atom stereocenters. The van der Waals surface area contributed by atoms with Crippen molar-refractivity contribution in [3.63, 3.8) is 0 Å². The Kier molecular flexibility index (Phi) is 8.10. The van der Waals surface area contributed by atoms with E-state index in [1.165, 1.54) is 0 Å². The SMILES string of the molecule is COc1ccc(Cn2ccc3cc(CCC4CCC(NC(=O)OC(C)(C)C)CC4)c(O)cc3c2=O)cc1. The first-order chi connectivity index (χ1) is 17.6. The number of pyridine rings is 1. The fourth-order valence-electron chi connectivity index (χ4n) is 5.05. The third-order valence-electron chi connectivity index (χ3n) is 7.08. The summed E-state index contributed by atoms with van der Waals surface area (Å²) in [6.45, 7) is 6.05. The Morgan fingerprint density at radius 3 is 2.43 bits per heavy atom. The second kappa shape index (κ2) is 11.3. The maximum Gasteiger partial charge on any atom is 0.407 e. The zero-order valence-electron chi connectivity index (χ0n) is 22.3. The zero-order chi connectivity index (χ0) is 26.6. The molecular weight excluding hydrogens is 468 g/mol. The summed E-state index contributed by atoms with van der Waals surface area (Å²) >= 11 is 0. The van der Waals surface area contributed by atoms with E-state index in [9.17, 15) is 14.7 Å². The molecule has 7 nitrogen and oxygen atoms in total. The number of alkyl carbamates (subject to hydrolysis) is 1. The van der Waals surface area contributed by atoms with Gasteiger partial charge in [0.1, 0.15) is 17.1 Å². The molecule has 4 rings (SSSR count). The molecule has 0 atom stereocenters. The van der Waals surface area contributed by atoms with Gasteiger partial charge in [-0.25, -0.2) is 4.79 Å². The molecule has 37 heavy (non-hydrogen) atoms.